The summed E-state index contributed by atoms with van der Waals surface area (Å²) in [6, 6.07) is 77.9. The van der Waals surface area contributed by atoms with Crippen molar-refractivity contribution in [2.45, 2.75) is 0 Å². The highest BCUT2D eigenvalue weighted by atomic mass is 15.1. The minimum absolute atomic E-state index is 1.12. The van der Waals surface area contributed by atoms with E-state index in [-0.39, 0.29) is 0 Å². The van der Waals surface area contributed by atoms with Gasteiger partial charge in [-0.2, -0.15) is 0 Å². The average molecular weight is 750 g/mol. The zero-order valence-electron chi connectivity index (χ0n) is 32.0. The van der Waals surface area contributed by atoms with Crippen LogP contribution in [0, 0.1) is 0 Å². The van der Waals surface area contributed by atoms with Gasteiger partial charge in [0.05, 0.1) is 22.1 Å². The second-order valence-corrected chi connectivity index (χ2v) is 15.8. The SMILES string of the molecule is c1ccc(N(c2ccc3cc4c(cc3c2)-c2cc3cc(-n5c6ccccc6c6ccccc65)ccc3cc2-4)c2ccc3c(c2)c2ccccc2n3-c2ccccc2)cc1. The topological polar surface area (TPSA) is 13.1 Å². The molecule has 0 spiro atoms. The maximum Gasteiger partial charge on any atom is 0.0542 e. The Morgan fingerprint density at radius 2 is 0.695 bits per heavy atom. The average Bonchev–Trinajstić information content (AvgIpc) is 3.81. The van der Waals surface area contributed by atoms with Gasteiger partial charge in [0.1, 0.15) is 0 Å². The van der Waals surface area contributed by atoms with Crippen LogP contribution >= 0.6 is 0 Å². The van der Waals surface area contributed by atoms with Crippen molar-refractivity contribution in [2.24, 2.45) is 0 Å². The molecule has 0 unspecified atom stereocenters. The maximum absolute atomic E-state index is 2.41. The van der Waals surface area contributed by atoms with Gasteiger partial charge < -0.3 is 14.0 Å². The summed E-state index contributed by atoms with van der Waals surface area (Å²) in [5, 5.41) is 10.0. The number of hydrogen-bond acceptors (Lipinski definition) is 1. The highest BCUT2D eigenvalue weighted by Gasteiger charge is 2.25. The molecule has 0 radical (unpaired) electrons. The fourth-order valence-corrected chi connectivity index (χ4v) is 9.86. The molecule has 59 heavy (non-hydrogen) atoms. The smallest absolute Gasteiger partial charge is 0.0542 e. The lowest BCUT2D eigenvalue weighted by atomic mass is 9.78. The number of aromatic nitrogens is 2. The van der Waals surface area contributed by atoms with Gasteiger partial charge in [-0.15, -0.1) is 0 Å². The molecule has 274 valence electrons. The fourth-order valence-electron chi connectivity index (χ4n) is 9.86. The molecule has 13 rings (SSSR count). The third-order valence-corrected chi connectivity index (χ3v) is 12.5. The molecule has 2 heterocycles. The van der Waals surface area contributed by atoms with Crippen LogP contribution in [0.5, 0.6) is 0 Å². The van der Waals surface area contributed by atoms with Crippen molar-refractivity contribution in [3.8, 4) is 33.6 Å². The van der Waals surface area contributed by atoms with E-state index in [0.29, 0.717) is 0 Å². The molecular weight excluding hydrogens is 715 g/mol. The minimum atomic E-state index is 1.12. The summed E-state index contributed by atoms with van der Waals surface area (Å²) in [6.07, 6.45) is 0. The molecule has 3 nitrogen and oxygen atoms in total. The van der Waals surface area contributed by atoms with Gasteiger partial charge in [0.25, 0.3) is 0 Å². The Hall–Kier alpha value is -7.88. The van der Waals surface area contributed by atoms with Crippen LogP contribution in [-0.2, 0) is 0 Å². The zero-order valence-corrected chi connectivity index (χ0v) is 32.0. The summed E-state index contributed by atoms with van der Waals surface area (Å²) in [4.78, 5) is 2.39. The van der Waals surface area contributed by atoms with Crippen LogP contribution in [0.3, 0.4) is 0 Å². The fraction of sp³-hybridized carbons (Fsp3) is 0. The maximum atomic E-state index is 2.41. The van der Waals surface area contributed by atoms with Crippen LogP contribution < -0.4 is 4.90 Å². The molecule has 0 amide bonds. The van der Waals surface area contributed by atoms with Crippen molar-refractivity contribution in [1.82, 2.24) is 9.13 Å². The van der Waals surface area contributed by atoms with Crippen LogP contribution in [0.4, 0.5) is 17.1 Å². The number of anilines is 3. The molecule has 1 aliphatic rings. The third-order valence-electron chi connectivity index (χ3n) is 12.5. The van der Waals surface area contributed by atoms with E-state index in [1.54, 1.807) is 0 Å². The van der Waals surface area contributed by atoms with Gasteiger partial charge in [0.15, 0.2) is 0 Å². The summed E-state index contributed by atoms with van der Waals surface area (Å²) >= 11 is 0. The van der Waals surface area contributed by atoms with Gasteiger partial charge >= 0.3 is 0 Å². The van der Waals surface area contributed by atoms with Crippen molar-refractivity contribution in [3.05, 3.63) is 212 Å². The lowest BCUT2D eigenvalue weighted by Crippen LogP contribution is -2.10. The van der Waals surface area contributed by atoms with Crippen LogP contribution in [0.25, 0.3) is 98.8 Å². The Morgan fingerprint density at radius 1 is 0.254 bits per heavy atom. The van der Waals surface area contributed by atoms with Crippen molar-refractivity contribution in [2.75, 3.05) is 4.90 Å². The van der Waals surface area contributed by atoms with Gasteiger partial charge in [-0.3, -0.25) is 0 Å². The molecule has 0 atom stereocenters. The Kier molecular flexibility index (Phi) is 6.72. The van der Waals surface area contributed by atoms with E-state index in [1.807, 2.05) is 0 Å². The van der Waals surface area contributed by atoms with Gasteiger partial charge in [-0.05, 0) is 153 Å². The summed E-state index contributed by atoms with van der Waals surface area (Å²) < 4.78 is 4.78. The summed E-state index contributed by atoms with van der Waals surface area (Å²) in [7, 11) is 0. The van der Waals surface area contributed by atoms with Crippen LogP contribution in [0.1, 0.15) is 0 Å². The highest BCUT2D eigenvalue weighted by molar-refractivity contribution is 6.14. The van der Waals surface area contributed by atoms with Gasteiger partial charge in [0.2, 0.25) is 0 Å². The predicted octanol–water partition coefficient (Wildman–Crippen LogP) is 15.3. The molecule has 0 saturated heterocycles. The molecule has 0 N–H and O–H groups in total. The van der Waals surface area contributed by atoms with Crippen LogP contribution in [0.15, 0.2) is 212 Å². The van der Waals surface area contributed by atoms with Crippen molar-refractivity contribution in [1.29, 1.82) is 0 Å². The molecular formula is C56H35N3. The normalized spacial score (nSPS) is 12.1. The van der Waals surface area contributed by atoms with Crippen LogP contribution in [0.2, 0.25) is 0 Å². The highest BCUT2D eigenvalue weighted by Crippen LogP contribution is 2.51. The first-order valence-electron chi connectivity index (χ1n) is 20.3. The van der Waals surface area contributed by atoms with E-state index < -0.39 is 0 Å². The second-order valence-electron chi connectivity index (χ2n) is 15.8. The summed E-state index contributed by atoms with van der Waals surface area (Å²) in [5.74, 6) is 0. The van der Waals surface area contributed by atoms with E-state index in [4.69, 9.17) is 0 Å². The first kappa shape index (κ1) is 32.2. The summed E-state index contributed by atoms with van der Waals surface area (Å²) in [6.45, 7) is 0. The van der Waals surface area contributed by atoms with E-state index in [0.717, 1.165) is 22.7 Å². The number of rotatable bonds is 5. The molecule has 2 aromatic heterocycles. The second kappa shape index (κ2) is 12.3. The molecule has 10 aromatic carbocycles. The first-order valence-corrected chi connectivity index (χ1v) is 20.3. The van der Waals surface area contributed by atoms with Gasteiger partial charge in [0, 0.05) is 50.0 Å². The molecule has 0 aliphatic heterocycles. The van der Waals surface area contributed by atoms with E-state index in [2.05, 4.69) is 226 Å². The number of nitrogens with zero attached hydrogens (tertiary/aromatic N) is 3. The lowest BCUT2D eigenvalue weighted by molar-refractivity contribution is 1.18. The van der Waals surface area contributed by atoms with Gasteiger partial charge in [-0.1, -0.05) is 103 Å². The van der Waals surface area contributed by atoms with Gasteiger partial charge in [-0.25, -0.2) is 0 Å². The Bertz CT molecular complexity index is 3610. The molecule has 0 bridgehead atoms. The summed E-state index contributed by atoms with van der Waals surface area (Å²) in [5.41, 5.74) is 15.9. The monoisotopic (exact) mass is 749 g/mol. The Morgan fingerprint density at radius 3 is 1.32 bits per heavy atom. The largest absolute Gasteiger partial charge is 0.310 e. The molecule has 1 aliphatic carbocycles. The quantitative estimate of drug-likeness (QED) is 0.171. The number of fused-ring (bicyclic) bond motifs is 12. The van der Waals surface area contributed by atoms with E-state index >= 15 is 0 Å². The van der Waals surface area contributed by atoms with Crippen LogP contribution in [-0.4, -0.2) is 9.13 Å². The van der Waals surface area contributed by atoms with Crippen molar-refractivity contribution >= 4 is 82.2 Å². The van der Waals surface area contributed by atoms with E-state index in [9.17, 15) is 0 Å². The number of para-hydroxylation sites is 5. The van der Waals surface area contributed by atoms with E-state index in [1.165, 1.54) is 93.1 Å². The Balaban J connectivity index is 0.929. The van der Waals surface area contributed by atoms with Crippen molar-refractivity contribution in [3.63, 3.8) is 0 Å². The standard InChI is InChI=1S/C56H35N3/c1-3-13-40(14-4-1)57(44-27-28-56-52(35-44)47-19-9-12-22-55(47)58(56)41-15-5-2-6-16-41)42-25-23-36-31-48-49-32-37-24-26-43(30-39(37)34-51(49)50(48)33-38(36)29-42)59-53-20-10-7-17-45(53)46-18-8-11-21-54(46)59/h1-35H. The number of hydrogen-bond donors (Lipinski definition) is 0. The van der Waals surface area contributed by atoms with Crippen molar-refractivity contribution < 1.29 is 0 Å². The number of benzene rings is 10. The molecule has 12 aromatic rings. The third kappa shape index (κ3) is 4.76. The lowest BCUT2D eigenvalue weighted by Gasteiger charge is -2.28. The molecule has 0 fully saturated rings. The molecule has 3 heteroatoms. The molecule has 0 saturated carbocycles. The first-order chi connectivity index (χ1) is 29.2. The Labute approximate surface area is 340 Å². The zero-order chi connectivity index (χ0) is 38.6. The minimum Gasteiger partial charge on any atom is -0.310 e. The predicted molar refractivity (Wildman–Crippen MR) is 249 cm³/mol.